The number of carboxylic acid groups (broad SMARTS) is 2. The molecule has 142 valence electrons. The first-order valence-electron chi connectivity index (χ1n) is 8.62. The Morgan fingerprint density at radius 1 is 0.926 bits per heavy atom. The number of pyridine rings is 1. The van der Waals surface area contributed by atoms with Gasteiger partial charge in [0, 0.05) is 38.9 Å². The second-order valence-corrected chi connectivity index (χ2v) is 5.90. The maximum absolute atomic E-state index is 9.10. The molecule has 1 aliphatic heterocycles. The lowest BCUT2D eigenvalue weighted by Crippen LogP contribution is -2.46. The van der Waals surface area contributed by atoms with Crippen molar-refractivity contribution in [2.45, 2.75) is 0 Å². The van der Waals surface area contributed by atoms with E-state index >= 15 is 0 Å². The minimum atomic E-state index is -1.82. The molecular formula is C20H23N3O4. The Kier molecular flexibility index (Phi) is 7.99. The lowest BCUT2D eigenvalue weighted by molar-refractivity contribution is -0.159. The SMILES string of the molecule is C(=C\c1ccccc1)/CN1CCN(c2ccccn2)CC1.O=C(O)C(=O)O. The highest BCUT2D eigenvalue weighted by atomic mass is 16.4. The van der Waals surface area contributed by atoms with Crippen LogP contribution in [0.5, 0.6) is 0 Å². The van der Waals surface area contributed by atoms with Crippen LogP contribution < -0.4 is 4.90 Å². The number of carboxylic acids is 2. The molecular weight excluding hydrogens is 346 g/mol. The van der Waals surface area contributed by atoms with Crippen molar-refractivity contribution in [1.29, 1.82) is 0 Å². The van der Waals surface area contributed by atoms with Crippen LogP contribution in [0.3, 0.4) is 0 Å². The molecule has 0 saturated carbocycles. The minimum Gasteiger partial charge on any atom is -0.473 e. The molecule has 0 unspecified atom stereocenters. The van der Waals surface area contributed by atoms with Crippen molar-refractivity contribution in [3.63, 3.8) is 0 Å². The molecule has 0 aliphatic carbocycles. The zero-order valence-corrected chi connectivity index (χ0v) is 14.9. The van der Waals surface area contributed by atoms with Gasteiger partial charge in [-0.1, -0.05) is 48.6 Å². The summed E-state index contributed by atoms with van der Waals surface area (Å²) in [5, 5.41) is 14.8. The van der Waals surface area contributed by atoms with Crippen molar-refractivity contribution < 1.29 is 19.8 Å². The van der Waals surface area contributed by atoms with Gasteiger partial charge in [0.05, 0.1) is 0 Å². The van der Waals surface area contributed by atoms with Gasteiger partial charge in [-0.25, -0.2) is 14.6 Å². The van der Waals surface area contributed by atoms with Gasteiger partial charge in [-0.15, -0.1) is 0 Å². The summed E-state index contributed by atoms with van der Waals surface area (Å²) in [5.41, 5.74) is 1.27. The second kappa shape index (κ2) is 10.7. The quantitative estimate of drug-likeness (QED) is 0.797. The summed E-state index contributed by atoms with van der Waals surface area (Å²) >= 11 is 0. The first-order valence-corrected chi connectivity index (χ1v) is 8.62. The predicted octanol–water partition coefficient (Wildman–Crippen LogP) is 2.07. The number of anilines is 1. The van der Waals surface area contributed by atoms with E-state index in [-0.39, 0.29) is 0 Å². The topological polar surface area (TPSA) is 94.0 Å². The number of piperazine rings is 1. The number of benzene rings is 1. The van der Waals surface area contributed by atoms with Gasteiger partial charge < -0.3 is 15.1 Å². The largest absolute Gasteiger partial charge is 0.473 e. The Labute approximate surface area is 158 Å². The van der Waals surface area contributed by atoms with Gasteiger partial charge in [0.2, 0.25) is 0 Å². The van der Waals surface area contributed by atoms with Crippen molar-refractivity contribution in [3.05, 3.63) is 66.4 Å². The fourth-order valence-corrected chi connectivity index (χ4v) is 2.60. The summed E-state index contributed by atoms with van der Waals surface area (Å²) in [5.74, 6) is -2.55. The summed E-state index contributed by atoms with van der Waals surface area (Å²) in [7, 11) is 0. The molecule has 2 heterocycles. The van der Waals surface area contributed by atoms with Crippen LogP contribution in [0.2, 0.25) is 0 Å². The average Bonchev–Trinajstić information content (AvgIpc) is 2.70. The lowest BCUT2D eigenvalue weighted by Gasteiger charge is -2.34. The summed E-state index contributed by atoms with van der Waals surface area (Å²) < 4.78 is 0. The molecule has 7 nitrogen and oxygen atoms in total. The van der Waals surface area contributed by atoms with Gasteiger partial charge in [0.15, 0.2) is 0 Å². The van der Waals surface area contributed by atoms with Gasteiger partial charge in [-0.2, -0.15) is 0 Å². The molecule has 0 bridgehead atoms. The number of hydrogen-bond donors (Lipinski definition) is 2. The Hall–Kier alpha value is -3.19. The van der Waals surface area contributed by atoms with E-state index in [4.69, 9.17) is 19.8 Å². The van der Waals surface area contributed by atoms with Crippen molar-refractivity contribution in [2.24, 2.45) is 0 Å². The number of aliphatic carboxylic acids is 2. The van der Waals surface area contributed by atoms with Crippen LogP contribution in [0.15, 0.2) is 60.8 Å². The molecule has 1 aromatic carbocycles. The third-order valence-corrected chi connectivity index (χ3v) is 4.00. The maximum atomic E-state index is 9.10. The predicted molar refractivity (Wildman–Crippen MR) is 104 cm³/mol. The molecule has 3 rings (SSSR count). The van der Waals surface area contributed by atoms with Gasteiger partial charge in [0.25, 0.3) is 0 Å². The third kappa shape index (κ3) is 7.29. The van der Waals surface area contributed by atoms with Gasteiger partial charge in [-0.05, 0) is 17.7 Å². The molecule has 1 saturated heterocycles. The summed E-state index contributed by atoms with van der Waals surface area (Å²) in [6.45, 7) is 5.31. The van der Waals surface area contributed by atoms with Crippen LogP contribution >= 0.6 is 0 Å². The Balaban J connectivity index is 0.000000380. The van der Waals surface area contributed by atoms with E-state index < -0.39 is 11.9 Å². The van der Waals surface area contributed by atoms with Gasteiger partial charge in [-0.3, -0.25) is 4.90 Å². The summed E-state index contributed by atoms with van der Waals surface area (Å²) in [6, 6.07) is 16.6. The molecule has 0 spiro atoms. The third-order valence-electron chi connectivity index (χ3n) is 4.00. The number of rotatable bonds is 4. The van der Waals surface area contributed by atoms with Gasteiger partial charge in [0.1, 0.15) is 5.82 Å². The average molecular weight is 369 g/mol. The smallest absolute Gasteiger partial charge is 0.414 e. The number of hydrogen-bond acceptors (Lipinski definition) is 5. The molecule has 0 radical (unpaired) electrons. The molecule has 7 heteroatoms. The van der Waals surface area contributed by atoms with E-state index in [0.717, 1.165) is 38.5 Å². The zero-order valence-electron chi connectivity index (χ0n) is 14.9. The van der Waals surface area contributed by atoms with E-state index in [9.17, 15) is 0 Å². The highest BCUT2D eigenvalue weighted by molar-refractivity contribution is 6.27. The van der Waals surface area contributed by atoms with Crippen molar-refractivity contribution in [1.82, 2.24) is 9.88 Å². The summed E-state index contributed by atoms with van der Waals surface area (Å²) in [6.07, 6.45) is 6.32. The van der Waals surface area contributed by atoms with Crippen molar-refractivity contribution in [3.8, 4) is 0 Å². The number of aromatic nitrogens is 1. The Morgan fingerprint density at radius 3 is 2.11 bits per heavy atom. The molecule has 2 aromatic rings. The second-order valence-electron chi connectivity index (χ2n) is 5.90. The van der Waals surface area contributed by atoms with E-state index in [0.29, 0.717) is 0 Å². The normalized spacial score (nSPS) is 14.4. The fraction of sp³-hybridized carbons (Fsp3) is 0.250. The molecule has 1 aromatic heterocycles. The first kappa shape index (κ1) is 20.1. The Bertz CT molecular complexity index is 730. The molecule has 27 heavy (non-hydrogen) atoms. The first-order chi connectivity index (χ1) is 13.1. The van der Waals surface area contributed by atoms with Crippen LogP contribution in [0, 0.1) is 0 Å². The number of carbonyl (C=O) groups is 2. The van der Waals surface area contributed by atoms with E-state index in [1.165, 1.54) is 5.56 Å². The lowest BCUT2D eigenvalue weighted by atomic mass is 10.2. The highest BCUT2D eigenvalue weighted by Gasteiger charge is 2.16. The standard InChI is InChI=1S/C18H21N3.C2H2O4/c1-2-7-17(8-3-1)9-6-12-20-13-15-21(16-14-20)18-10-4-5-11-19-18;3-1(4)2(5)6/h1-11H,12-16H2;(H,3,4)(H,5,6)/b9-6+;. The van der Waals surface area contributed by atoms with E-state index in [2.05, 4.69) is 63.3 Å². The highest BCUT2D eigenvalue weighted by Crippen LogP contribution is 2.12. The molecule has 0 atom stereocenters. The maximum Gasteiger partial charge on any atom is 0.414 e. The molecule has 2 N–H and O–H groups in total. The molecule has 0 amide bonds. The molecule has 1 aliphatic rings. The van der Waals surface area contributed by atoms with Gasteiger partial charge >= 0.3 is 11.9 Å². The Morgan fingerprint density at radius 2 is 1.56 bits per heavy atom. The number of nitrogens with zero attached hydrogens (tertiary/aromatic N) is 3. The zero-order chi connectivity index (χ0) is 19.5. The molecule has 1 fully saturated rings. The van der Waals surface area contributed by atoms with Crippen LogP contribution in [0.1, 0.15) is 5.56 Å². The van der Waals surface area contributed by atoms with E-state index in [1.54, 1.807) is 0 Å². The van der Waals surface area contributed by atoms with Crippen molar-refractivity contribution in [2.75, 3.05) is 37.6 Å². The van der Waals surface area contributed by atoms with Crippen molar-refractivity contribution >= 4 is 23.8 Å². The minimum absolute atomic E-state index is 1.02. The van der Waals surface area contributed by atoms with E-state index in [1.807, 2.05) is 18.3 Å². The van der Waals surface area contributed by atoms with Crippen LogP contribution in [0.25, 0.3) is 6.08 Å². The van der Waals surface area contributed by atoms with Crippen LogP contribution in [0.4, 0.5) is 5.82 Å². The van der Waals surface area contributed by atoms with Crippen LogP contribution in [-0.4, -0.2) is 64.8 Å². The van der Waals surface area contributed by atoms with Crippen LogP contribution in [-0.2, 0) is 9.59 Å². The monoisotopic (exact) mass is 369 g/mol. The fourth-order valence-electron chi connectivity index (χ4n) is 2.60. The summed E-state index contributed by atoms with van der Waals surface area (Å²) in [4.78, 5) is 27.5.